The van der Waals surface area contributed by atoms with Crippen molar-refractivity contribution in [1.29, 1.82) is 0 Å². The smallest absolute Gasteiger partial charge is 0.248 e. The van der Waals surface area contributed by atoms with Gasteiger partial charge >= 0.3 is 0 Å². The van der Waals surface area contributed by atoms with Crippen LogP contribution in [0.15, 0.2) is 24.4 Å². The van der Waals surface area contributed by atoms with Crippen molar-refractivity contribution in [2.45, 2.75) is 38.2 Å². The van der Waals surface area contributed by atoms with Gasteiger partial charge in [0.2, 0.25) is 11.8 Å². The van der Waals surface area contributed by atoms with E-state index in [2.05, 4.69) is 10.3 Å². The summed E-state index contributed by atoms with van der Waals surface area (Å²) in [7, 11) is 0. The normalized spacial score (nSPS) is 20.4. The van der Waals surface area contributed by atoms with Gasteiger partial charge in [0.05, 0.1) is 12.2 Å². The van der Waals surface area contributed by atoms with Crippen molar-refractivity contribution in [3.8, 4) is 0 Å². The Kier molecular flexibility index (Phi) is 4.04. The Hall–Kier alpha value is -1.69. The van der Waals surface area contributed by atoms with Gasteiger partial charge in [-0.3, -0.25) is 9.20 Å². The van der Waals surface area contributed by atoms with E-state index in [9.17, 15) is 13.6 Å². The molecule has 7 heteroatoms. The standard InChI is InChI=1S/C15H16ClF2N3O/c16-14-11(20-12-3-1-2-6-21(12)14)9-19-13(22)7-10-4-5-15(17,18)8-10/h1-3,6,10H,4-5,7-9H2,(H,19,22)/t10-/m1/s1. The van der Waals surface area contributed by atoms with Crippen molar-refractivity contribution in [2.75, 3.05) is 0 Å². The lowest BCUT2D eigenvalue weighted by atomic mass is 10.0. The number of fused-ring (bicyclic) bond motifs is 1. The molecule has 1 aliphatic rings. The zero-order valence-corrected chi connectivity index (χ0v) is 12.6. The largest absolute Gasteiger partial charge is 0.350 e. The Balaban J connectivity index is 1.57. The van der Waals surface area contributed by atoms with Crippen LogP contribution in [-0.4, -0.2) is 21.2 Å². The molecule has 1 aliphatic carbocycles. The van der Waals surface area contributed by atoms with Crippen LogP contribution >= 0.6 is 11.6 Å². The Morgan fingerprint density at radius 2 is 2.32 bits per heavy atom. The van der Waals surface area contributed by atoms with Crippen molar-refractivity contribution in [2.24, 2.45) is 5.92 Å². The molecule has 0 unspecified atom stereocenters. The quantitative estimate of drug-likeness (QED) is 0.935. The molecular weight excluding hydrogens is 312 g/mol. The van der Waals surface area contributed by atoms with E-state index in [1.54, 1.807) is 10.6 Å². The first-order valence-corrected chi connectivity index (χ1v) is 7.58. The number of carbonyl (C=O) groups is 1. The molecule has 2 aromatic heterocycles. The predicted octanol–water partition coefficient (Wildman–Crippen LogP) is 3.43. The fourth-order valence-corrected chi connectivity index (χ4v) is 3.11. The Morgan fingerprint density at radius 1 is 1.50 bits per heavy atom. The maximum absolute atomic E-state index is 13.1. The number of hydrogen-bond acceptors (Lipinski definition) is 2. The summed E-state index contributed by atoms with van der Waals surface area (Å²) in [6.07, 6.45) is 1.99. The van der Waals surface area contributed by atoms with Crippen LogP contribution < -0.4 is 5.32 Å². The maximum atomic E-state index is 13.1. The molecule has 1 saturated carbocycles. The van der Waals surface area contributed by atoms with Crippen molar-refractivity contribution >= 4 is 23.2 Å². The number of rotatable bonds is 4. The molecule has 4 nitrogen and oxygen atoms in total. The van der Waals surface area contributed by atoms with Crippen LogP contribution in [0.2, 0.25) is 5.15 Å². The molecular formula is C15H16ClF2N3O. The van der Waals surface area contributed by atoms with Crippen LogP contribution in [0.3, 0.4) is 0 Å². The lowest BCUT2D eigenvalue weighted by Crippen LogP contribution is -2.25. The summed E-state index contributed by atoms with van der Waals surface area (Å²) in [5, 5.41) is 3.16. The SMILES string of the molecule is O=C(C[C@H]1CCC(F)(F)C1)NCc1nc2ccccn2c1Cl. The van der Waals surface area contributed by atoms with E-state index in [4.69, 9.17) is 11.6 Å². The van der Waals surface area contributed by atoms with E-state index in [0.717, 1.165) is 0 Å². The third kappa shape index (κ3) is 3.21. The summed E-state index contributed by atoms with van der Waals surface area (Å²) in [4.78, 5) is 16.2. The molecule has 0 saturated heterocycles. The second-order valence-electron chi connectivity index (χ2n) is 5.72. The number of halogens is 3. The van der Waals surface area contributed by atoms with Gasteiger partial charge in [0.15, 0.2) is 0 Å². The van der Waals surface area contributed by atoms with Gasteiger partial charge < -0.3 is 5.32 Å². The lowest BCUT2D eigenvalue weighted by molar-refractivity contribution is -0.122. The van der Waals surface area contributed by atoms with Gasteiger partial charge in [0.25, 0.3) is 0 Å². The minimum atomic E-state index is -2.62. The molecule has 0 spiro atoms. The molecule has 0 aromatic carbocycles. The summed E-state index contributed by atoms with van der Waals surface area (Å²) >= 11 is 6.20. The number of hydrogen-bond donors (Lipinski definition) is 1. The van der Waals surface area contributed by atoms with Crippen LogP contribution in [0.4, 0.5) is 8.78 Å². The van der Waals surface area contributed by atoms with E-state index >= 15 is 0 Å². The monoisotopic (exact) mass is 327 g/mol. The highest BCUT2D eigenvalue weighted by Gasteiger charge is 2.39. The van der Waals surface area contributed by atoms with Crippen molar-refractivity contribution in [1.82, 2.24) is 14.7 Å². The Labute approximate surface area is 131 Å². The molecule has 0 radical (unpaired) electrons. The molecule has 2 aromatic rings. The molecule has 0 bridgehead atoms. The molecule has 0 aliphatic heterocycles. The van der Waals surface area contributed by atoms with Gasteiger partial charge in [-0.25, -0.2) is 13.8 Å². The molecule has 118 valence electrons. The first-order valence-electron chi connectivity index (χ1n) is 7.20. The fraction of sp³-hybridized carbons (Fsp3) is 0.467. The highest BCUT2D eigenvalue weighted by atomic mass is 35.5. The highest BCUT2D eigenvalue weighted by molar-refractivity contribution is 6.30. The molecule has 1 N–H and O–H groups in total. The minimum absolute atomic E-state index is 0.122. The van der Waals surface area contributed by atoms with Gasteiger partial charge in [-0.15, -0.1) is 0 Å². The van der Waals surface area contributed by atoms with E-state index < -0.39 is 5.92 Å². The van der Waals surface area contributed by atoms with Crippen LogP contribution in [0, 0.1) is 5.92 Å². The van der Waals surface area contributed by atoms with Crippen LogP contribution in [0.1, 0.15) is 31.4 Å². The molecule has 22 heavy (non-hydrogen) atoms. The van der Waals surface area contributed by atoms with Crippen molar-refractivity contribution in [3.63, 3.8) is 0 Å². The van der Waals surface area contributed by atoms with Crippen molar-refractivity contribution < 1.29 is 13.6 Å². The highest BCUT2D eigenvalue weighted by Crippen LogP contribution is 2.40. The van der Waals surface area contributed by atoms with Gasteiger partial charge in [0.1, 0.15) is 10.8 Å². The van der Waals surface area contributed by atoms with E-state index in [1.165, 1.54) is 0 Å². The Morgan fingerprint density at radius 3 is 3.00 bits per heavy atom. The van der Waals surface area contributed by atoms with Crippen molar-refractivity contribution in [3.05, 3.63) is 35.2 Å². The fourth-order valence-electron chi connectivity index (χ4n) is 2.86. The predicted molar refractivity (Wildman–Crippen MR) is 79.0 cm³/mol. The van der Waals surface area contributed by atoms with Crippen LogP contribution in [0.5, 0.6) is 0 Å². The summed E-state index contributed by atoms with van der Waals surface area (Å²) in [5.41, 5.74) is 1.27. The van der Waals surface area contributed by atoms with Gasteiger partial charge in [-0.05, 0) is 24.5 Å². The van der Waals surface area contributed by atoms with Gasteiger partial charge in [-0.2, -0.15) is 0 Å². The number of carbonyl (C=O) groups excluding carboxylic acids is 1. The van der Waals surface area contributed by atoms with Gasteiger partial charge in [0, 0.05) is 25.5 Å². The number of nitrogens with one attached hydrogen (secondary N) is 1. The molecule has 3 rings (SSSR count). The minimum Gasteiger partial charge on any atom is -0.350 e. The second-order valence-corrected chi connectivity index (χ2v) is 6.08. The third-order valence-corrected chi connectivity index (χ3v) is 4.37. The average molecular weight is 328 g/mol. The second kappa shape index (κ2) is 5.83. The Bertz CT molecular complexity index is 701. The number of alkyl halides is 2. The summed E-state index contributed by atoms with van der Waals surface area (Å²) in [6.45, 7) is 0.197. The lowest BCUT2D eigenvalue weighted by Gasteiger charge is -2.10. The van der Waals surface area contributed by atoms with E-state index in [0.29, 0.717) is 22.9 Å². The first kappa shape index (κ1) is 15.2. The summed E-state index contributed by atoms with van der Waals surface area (Å²) in [5.74, 6) is -3.10. The molecule has 1 amide bonds. The molecule has 1 atom stereocenters. The van der Waals surface area contributed by atoms with E-state index in [-0.39, 0.29) is 37.6 Å². The number of pyridine rings is 1. The molecule has 2 heterocycles. The number of imidazole rings is 1. The number of aromatic nitrogens is 2. The van der Waals surface area contributed by atoms with E-state index in [1.807, 2.05) is 18.2 Å². The topological polar surface area (TPSA) is 46.4 Å². The summed E-state index contributed by atoms with van der Waals surface area (Å²) in [6, 6.07) is 5.50. The van der Waals surface area contributed by atoms with Crippen LogP contribution in [0.25, 0.3) is 5.65 Å². The number of nitrogens with zero attached hydrogens (tertiary/aromatic N) is 2. The average Bonchev–Trinajstić information content (AvgIpc) is 2.97. The zero-order valence-electron chi connectivity index (χ0n) is 11.9. The summed E-state index contributed by atoms with van der Waals surface area (Å²) < 4.78 is 27.9. The zero-order chi connectivity index (χ0) is 15.7. The third-order valence-electron chi connectivity index (χ3n) is 3.97. The first-order chi connectivity index (χ1) is 10.4. The van der Waals surface area contributed by atoms with Crippen LogP contribution in [-0.2, 0) is 11.3 Å². The number of amides is 1. The molecule has 1 fully saturated rings. The van der Waals surface area contributed by atoms with Gasteiger partial charge in [-0.1, -0.05) is 17.7 Å². The maximum Gasteiger partial charge on any atom is 0.248 e.